The molecule has 0 saturated carbocycles. The van der Waals surface area contributed by atoms with Crippen molar-refractivity contribution in [1.29, 1.82) is 0 Å². The highest BCUT2D eigenvalue weighted by Gasteiger charge is 2.25. The molecule has 0 aliphatic rings. The molecule has 3 rings (SSSR count). The Morgan fingerprint density at radius 2 is 1.57 bits per heavy atom. The third-order valence-corrected chi connectivity index (χ3v) is 4.13. The lowest BCUT2D eigenvalue weighted by molar-refractivity contribution is -0.117. The van der Waals surface area contributed by atoms with Gasteiger partial charge in [0.05, 0.1) is 28.2 Å². The number of rotatable bonds is 4. The van der Waals surface area contributed by atoms with Gasteiger partial charge in [0, 0.05) is 0 Å². The minimum atomic E-state index is -1.05. The largest absolute Gasteiger partial charge is 0.310 e. The molecule has 0 atom stereocenters. The van der Waals surface area contributed by atoms with Gasteiger partial charge in [-0.05, 0) is 38.1 Å². The second kappa shape index (κ2) is 7.83. The average Bonchev–Trinajstić information content (AvgIpc) is 3.00. The summed E-state index contributed by atoms with van der Waals surface area (Å²) < 4.78 is 15.2. The number of carbonyl (C=O) groups excluding carboxylic acids is 3. The van der Waals surface area contributed by atoms with Crippen LogP contribution >= 0.6 is 0 Å². The van der Waals surface area contributed by atoms with Gasteiger partial charge in [0.2, 0.25) is 0 Å². The Morgan fingerprint density at radius 3 is 2.25 bits per heavy atom. The molecule has 0 bridgehead atoms. The number of hydrogen-bond donors (Lipinski definition) is 2. The molecular weight excluding hydrogens is 363 g/mol. The van der Waals surface area contributed by atoms with E-state index >= 15 is 0 Å². The van der Waals surface area contributed by atoms with Gasteiger partial charge in [-0.25, -0.2) is 9.07 Å². The summed E-state index contributed by atoms with van der Waals surface area (Å²) in [4.78, 5) is 36.7. The van der Waals surface area contributed by atoms with Gasteiger partial charge in [-0.15, -0.1) is 0 Å². The fourth-order valence-electron chi connectivity index (χ4n) is 2.79. The van der Waals surface area contributed by atoms with Gasteiger partial charge in [0.1, 0.15) is 5.82 Å². The lowest BCUT2D eigenvalue weighted by Gasteiger charge is -2.08. The Hall–Kier alpha value is -3.81. The van der Waals surface area contributed by atoms with Crippen molar-refractivity contribution in [2.24, 2.45) is 0 Å². The smallest absolute Gasteiger partial charge is 0.283 e. The first kappa shape index (κ1) is 19.0. The molecule has 0 saturated heterocycles. The summed E-state index contributed by atoms with van der Waals surface area (Å²) in [6.45, 7) is 3.29. The molecule has 7 nitrogen and oxygen atoms in total. The van der Waals surface area contributed by atoms with Crippen LogP contribution in [-0.4, -0.2) is 27.4 Å². The van der Waals surface area contributed by atoms with Crippen LogP contribution in [0.15, 0.2) is 54.6 Å². The summed E-state index contributed by atoms with van der Waals surface area (Å²) in [5.74, 6) is -3.52. The van der Waals surface area contributed by atoms with E-state index in [1.807, 2.05) is 41.2 Å². The van der Waals surface area contributed by atoms with Gasteiger partial charge in [-0.3, -0.25) is 25.2 Å². The number of Topliss-reactive ketones (excluding diaryl/α,β-unsaturated/α-hetero) is 1. The van der Waals surface area contributed by atoms with Crippen molar-refractivity contribution in [3.05, 3.63) is 82.9 Å². The number of carbonyl (C=O) groups is 3. The number of aromatic nitrogens is 2. The summed E-state index contributed by atoms with van der Waals surface area (Å²) in [6, 6.07) is 14.5. The number of hydrazine groups is 1. The number of amides is 2. The van der Waals surface area contributed by atoms with Crippen LogP contribution in [0.5, 0.6) is 0 Å². The van der Waals surface area contributed by atoms with E-state index in [9.17, 15) is 18.8 Å². The summed E-state index contributed by atoms with van der Waals surface area (Å²) in [5.41, 5.74) is 5.56. The predicted octanol–water partition coefficient (Wildman–Crippen LogP) is 2.27. The minimum absolute atomic E-state index is 0.140. The quantitative estimate of drug-likeness (QED) is 0.413. The van der Waals surface area contributed by atoms with Gasteiger partial charge >= 0.3 is 5.91 Å². The first-order valence-corrected chi connectivity index (χ1v) is 8.41. The highest BCUT2D eigenvalue weighted by Crippen LogP contribution is 2.18. The number of halogens is 1. The average molecular weight is 380 g/mol. The Kier molecular flexibility index (Phi) is 5.30. The van der Waals surface area contributed by atoms with Crippen molar-refractivity contribution < 1.29 is 18.8 Å². The molecule has 0 fully saturated rings. The highest BCUT2D eigenvalue weighted by molar-refractivity contribution is 6.43. The van der Waals surface area contributed by atoms with E-state index in [2.05, 4.69) is 5.10 Å². The maximum absolute atomic E-state index is 13.6. The van der Waals surface area contributed by atoms with Crippen LogP contribution in [0.3, 0.4) is 0 Å². The maximum Gasteiger partial charge on any atom is 0.310 e. The van der Waals surface area contributed by atoms with Crippen LogP contribution < -0.4 is 10.9 Å². The van der Waals surface area contributed by atoms with Gasteiger partial charge in [0.15, 0.2) is 0 Å². The van der Waals surface area contributed by atoms with Crippen LogP contribution in [0.25, 0.3) is 5.69 Å². The van der Waals surface area contributed by atoms with E-state index in [1.165, 1.54) is 18.2 Å². The fourth-order valence-corrected chi connectivity index (χ4v) is 2.79. The second-order valence-corrected chi connectivity index (χ2v) is 6.01. The first-order chi connectivity index (χ1) is 13.4. The highest BCUT2D eigenvalue weighted by atomic mass is 19.1. The van der Waals surface area contributed by atoms with Gasteiger partial charge in [0.25, 0.3) is 11.7 Å². The van der Waals surface area contributed by atoms with E-state index in [4.69, 9.17) is 0 Å². The number of nitrogens with zero attached hydrogens (tertiary/aromatic N) is 2. The van der Waals surface area contributed by atoms with E-state index in [1.54, 1.807) is 18.5 Å². The summed E-state index contributed by atoms with van der Waals surface area (Å²) >= 11 is 0. The number of benzene rings is 2. The molecule has 0 aliphatic heterocycles. The summed E-state index contributed by atoms with van der Waals surface area (Å²) in [6.07, 6.45) is 0. The zero-order chi connectivity index (χ0) is 20.3. The number of para-hydroxylation sites is 1. The Labute approximate surface area is 160 Å². The van der Waals surface area contributed by atoms with E-state index in [0.717, 1.165) is 11.8 Å². The van der Waals surface area contributed by atoms with Crippen molar-refractivity contribution in [1.82, 2.24) is 20.6 Å². The fraction of sp³-hybridized carbons (Fsp3) is 0.100. The number of aryl methyl sites for hydroxylation is 1. The van der Waals surface area contributed by atoms with Gasteiger partial charge in [-0.2, -0.15) is 5.10 Å². The molecule has 0 spiro atoms. The first-order valence-electron chi connectivity index (χ1n) is 8.41. The van der Waals surface area contributed by atoms with Crippen molar-refractivity contribution in [2.75, 3.05) is 0 Å². The van der Waals surface area contributed by atoms with Crippen LogP contribution in [-0.2, 0) is 4.79 Å². The predicted molar refractivity (Wildman–Crippen MR) is 99.4 cm³/mol. The van der Waals surface area contributed by atoms with Crippen LogP contribution in [0.1, 0.15) is 32.1 Å². The van der Waals surface area contributed by atoms with Crippen molar-refractivity contribution in [2.45, 2.75) is 13.8 Å². The molecular formula is C20H17FN4O3. The molecule has 3 aromatic rings. The molecule has 2 N–H and O–H groups in total. The molecule has 142 valence electrons. The van der Waals surface area contributed by atoms with Crippen molar-refractivity contribution in [3.8, 4) is 5.69 Å². The molecule has 1 aromatic heterocycles. The van der Waals surface area contributed by atoms with Crippen molar-refractivity contribution in [3.63, 3.8) is 0 Å². The standard InChI is InChI=1S/C20H17FN4O3/c1-12-17(13(2)25(24-12)14-8-4-3-5-9-14)18(26)20(28)23-22-19(27)15-10-6-7-11-16(15)21/h3-11H,1-2H3,(H,22,27)(H,23,28). The summed E-state index contributed by atoms with van der Waals surface area (Å²) in [7, 11) is 0. The summed E-state index contributed by atoms with van der Waals surface area (Å²) in [5, 5.41) is 4.32. The third-order valence-electron chi connectivity index (χ3n) is 4.13. The molecule has 1 heterocycles. The lowest BCUT2D eigenvalue weighted by atomic mass is 10.1. The molecule has 28 heavy (non-hydrogen) atoms. The van der Waals surface area contributed by atoms with Crippen LogP contribution in [0, 0.1) is 19.7 Å². The monoisotopic (exact) mass is 380 g/mol. The van der Waals surface area contributed by atoms with E-state index in [-0.39, 0.29) is 11.1 Å². The normalized spacial score (nSPS) is 10.4. The second-order valence-electron chi connectivity index (χ2n) is 6.01. The molecule has 0 radical (unpaired) electrons. The Bertz CT molecular complexity index is 1060. The zero-order valence-electron chi connectivity index (χ0n) is 15.2. The van der Waals surface area contributed by atoms with E-state index < -0.39 is 23.4 Å². The zero-order valence-corrected chi connectivity index (χ0v) is 15.2. The molecule has 0 unspecified atom stereocenters. The topological polar surface area (TPSA) is 93.1 Å². The van der Waals surface area contributed by atoms with Crippen LogP contribution in [0.2, 0.25) is 0 Å². The number of hydrogen-bond acceptors (Lipinski definition) is 4. The number of nitrogens with one attached hydrogen (secondary N) is 2. The molecule has 2 aromatic carbocycles. The molecule has 8 heteroatoms. The maximum atomic E-state index is 13.6. The minimum Gasteiger partial charge on any atom is -0.283 e. The SMILES string of the molecule is Cc1nn(-c2ccccc2)c(C)c1C(=O)C(=O)NNC(=O)c1ccccc1F. The lowest BCUT2D eigenvalue weighted by Crippen LogP contribution is -2.45. The Morgan fingerprint density at radius 1 is 0.929 bits per heavy atom. The number of ketones is 1. The van der Waals surface area contributed by atoms with Crippen molar-refractivity contribution >= 4 is 17.6 Å². The van der Waals surface area contributed by atoms with E-state index in [0.29, 0.717) is 11.4 Å². The molecule has 2 amide bonds. The third kappa shape index (κ3) is 3.66. The Balaban J connectivity index is 1.75. The van der Waals surface area contributed by atoms with Gasteiger partial charge in [-0.1, -0.05) is 30.3 Å². The van der Waals surface area contributed by atoms with Crippen LogP contribution in [0.4, 0.5) is 4.39 Å². The van der Waals surface area contributed by atoms with Gasteiger partial charge < -0.3 is 0 Å². The molecule has 0 aliphatic carbocycles.